The number of benzene rings is 1. The molecule has 0 spiro atoms. The van der Waals surface area contributed by atoms with Crippen molar-refractivity contribution >= 4 is 5.97 Å². The van der Waals surface area contributed by atoms with E-state index in [1.54, 1.807) is 0 Å². The van der Waals surface area contributed by atoms with Gasteiger partial charge in [-0.05, 0) is 24.8 Å². The van der Waals surface area contributed by atoms with Gasteiger partial charge < -0.3 is 4.74 Å². The number of rotatable bonds is 3. The van der Waals surface area contributed by atoms with Gasteiger partial charge in [0.1, 0.15) is 0 Å². The summed E-state index contributed by atoms with van der Waals surface area (Å²) < 4.78 is 44.0. The Morgan fingerprint density at radius 1 is 1.29 bits per heavy atom. The summed E-state index contributed by atoms with van der Waals surface area (Å²) in [4.78, 5) is 11.5. The lowest BCUT2D eigenvalue weighted by Crippen LogP contribution is -2.18. The van der Waals surface area contributed by atoms with Crippen LogP contribution in [0.3, 0.4) is 0 Å². The third kappa shape index (κ3) is 2.14. The standard InChI is InChI=1S/C12H11F3O2/c1-17-12(16)9(6-2-3-6)7-4-5-8(13)11(15)10(7)14/h4-6,9H,2-3H2,1H3. The predicted molar refractivity (Wildman–Crippen MR) is 53.8 cm³/mol. The lowest BCUT2D eigenvalue weighted by atomic mass is 9.93. The normalized spacial score (nSPS) is 16.7. The third-order valence-electron chi connectivity index (χ3n) is 2.95. The largest absolute Gasteiger partial charge is 0.469 e. The molecule has 0 heterocycles. The summed E-state index contributed by atoms with van der Waals surface area (Å²) in [7, 11) is 1.19. The van der Waals surface area contributed by atoms with Crippen LogP contribution in [0, 0.1) is 23.4 Å². The average Bonchev–Trinajstić information content (AvgIpc) is 3.13. The lowest BCUT2D eigenvalue weighted by molar-refractivity contribution is -0.143. The molecule has 0 amide bonds. The second-order valence-corrected chi connectivity index (χ2v) is 4.10. The molecule has 1 fully saturated rings. The first kappa shape index (κ1) is 12.0. The van der Waals surface area contributed by atoms with Crippen molar-refractivity contribution in [3.8, 4) is 0 Å². The smallest absolute Gasteiger partial charge is 0.313 e. The zero-order valence-electron chi connectivity index (χ0n) is 9.17. The number of hydrogen-bond acceptors (Lipinski definition) is 2. The molecule has 1 aromatic carbocycles. The molecule has 92 valence electrons. The summed E-state index contributed by atoms with van der Waals surface area (Å²) in [6, 6.07) is 1.93. The van der Waals surface area contributed by atoms with E-state index in [4.69, 9.17) is 0 Å². The Morgan fingerprint density at radius 2 is 1.94 bits per heavy atom. The van der Waals surface area contributed by atoms with Gasteiger partial charge in [0, 0.05) is 5.56 Å². The molecule has 0 bridgehead atoms. The van der Waals surface area contributed by atoms with E-state index in [1.165, 1.54) is 7.11 Å². The Balaban J connectivity index is 2.43. The van der Waals surface area contributed by atoms with Gasteiger partial charge in [-0.25, -0.2) is 13.2 Å². The van der Waals surface area contributed by atoms with E-state index in [1.807, 2.05) is 0 Å². The highest BCUT2D eigenvalue weighted by Crippen LogP contribution is 2.44. The maximum Gasteiger partial charge on any atom is 0.313 e. The Hall–Kier alpha value is -1.52. The lowest BCUT2D eigenvalue weighted by Gasteiger charge is -2.15. The summed E-state index contributed by atoms with van der Waals surface area (Å²) in [6.45, 7) is 0. The highest BCUT2D eigenvalue weighted by Gasteiger charge is 2.40. The zero-order chi connectivity index (χ0) is 12.6. The fraction of sp³-hybridized carbons (Fsp3) is 0.417. The van der Waals surface area contributed by atoms with Gasteiger partial charge in [-0.3, -0.25) is 4.79 Å². The van der Waals surface area contributed by atoms with Gasteiger partial charge in [-0.1, -0.05) is 6.07 Å². The average molecular weight is 244 g/mol. The van der Waals surface area contributed by atoms with Crippen molar-refractivity contribution in [3.63, 3.8) is 0 Å². The van der Waals surface area contributed by atoms with Crippen LogP contribution in [0.5, 0.6) is 0 Å². The summed E-state index contributed by atoms with van der Waals surface area (Å²) in [5.41, 5.74) is -0.127. The zero-order valence-corrected chi connectivity index (χ0v) is 9.17. The van der Waals surface area contributed by atoms with Crippen molar-refractivity contribution in [1.29, 1.82) is 0 Å². The number of methoxy groups -OCH3 is 1. The molecule has 1 aromatic rings. The Morgan fingerprint density at radius 3 is 2.47 bits per heavy atom. The second kappa shape index (κ2) is 4.39. The molecule has 1 aliphatic rings. The number of esters is 1. The third-order valence-corrected chi connectivity index (χ3v) is 2.95. The van der Waals surface area contributed by atoms with Gasteiger partial charge in [0.15, 0.2) is 17.5 Å². The van der Waals surface area contributed by atoms with E-state index in [2.05, 4.69) is 4.74 Å². The molecule has 0 N–H and O–H groups in total. The van der Waals surface area contributed by atoms with Crippen LogP contribution < -0.4 is 0 Å². The minimum Gasteiger partial charge on any atom is -0.469 e. The van der Waals surface area contributed by atoms with Gasteiger partial charge in [-0.15, -0.1) is 0 Å². The summed E-state index contributed by atoms with van der Waals surface area (Å²) in [5, 5.41) is 0. The van der Waals surface area contributed by atoms with Crippen molar-refractivity contribution in [2.24, 2.45) is 5.92 Å². The molecular weight excluding hydrogens is 233 g/mol. The molecule has 5 heteroatoms. The van der Waals surface area contributed by atoms with E-state index in [0.717, 1.165) is 25.0 Å². The molecule has 17 heavy (non-hydrogen) atoms. The van der Waals surface area contributed by atoms with Crippen LogP contribution in [0.15, 0.2) is 12.1 Å². The Bertz CT molecular complexity index is 455. The Labute approximate surface area is 96.4 Å². The van der Waals surface area contributed by atoms with Crippen molar-refractivity contribution in [1.82, 2.24) is 0 Å². The van der Waals surface area contributed by atoms with Gasteiger partial charge in [0.05, 0.1) is 13.0 Å². The molecule has 1 aliphatic carbocycles. The van der Waals surface area contributed by atoms with Crippen LogP contribution in [-0.4, -0.2) is 13.1 Å². The van der Waals surface area contributed by atoms with E-state index in [-0.39, 0.29) is 11.5 Å². The van der Waals surface area contributed by atoms with E-state index >= 15 is 0 Å². The molecule has 1 atom stereocenters. The fourth-order valence-electron chi connectivity index (χ4n) is 1.91. The highest BCUT2D eigenvalue weighted by atomic mass is 19.2. The van der Waals surface area contributed by atoms with E-state index in [9.17, 15) is 18.0 Å². The number of carbonyl (C=O) groups is 1. The van der Waals surface area contributed by atoms with Gasteiger partial charge in [0.25, 0.3) is 0 Å². The SMILES string of the molecule is COC(=O)C(c1ccc(F)c(F)c1F)C1CC1. The molecule has 1 saturated carbocycles. The van der Waals surface area contributed by atoms with E-state index < -0.39 is 29.3 Å². The van der Waals surface area contributed by atoms with Crippen LogP contribution in [0.4, 0.5) is 13.2 Å². The maximum absolute atomic E-state index is 13.6. The van der Waals surface area contributed by atoms with E-state index in [0.29, 0.717) is 0 Å². The Kier molecular flexibility index (Phi) is 3.09. The van der Waals surface area contributed by atoms with Gasteiger partial charge in [0.2, 0.25) is 0 Å². The number of halogens is 3. The summed E-state index contributed by atoms with van der Waals surface area (Å²) in [5.74, 6) is -5.59. The van der Waals surface area contributed by atoms with Crippen LogP contribution in [0.25, 0.3) is 0 Å². The number of carbonyl (C=O) groups excluding carboxylic acids is 1. The molecular formula is C12H11F3O2. The number of hydrogen-bond donors (Lipinski definition) is 0. The van der Waals surface area contributed by atoms with Crippen molar-refractivity contribution in [3.05, 3.63) is 35.1 Å². The van der Waals surface area contributed by atoms with Crippen LogP contribution >= 0.6 is 0 Å². The topological polar surface area (TPSA) is 26.3 Å². The first-order chi connectivity index (χ1) is 8.06. The molecule has 0 radical (unpaired) electrons. The van der Waals surface area contributed by atoms with Crippen molar-refractivity contribution in [2.45, 2.75) is 18.8 Å². The molecule has 1 unspecified atom stereocenters. The van der Waals surface area contributed by atoms with Crippen molar-refractivity contribution in [2.75, 3.05) is 7.11 Å². The van der Waals surface area contributed by atoms with Gasteiger partial charge in [-0.2, -0.15) is 0 Å². The fourth-order valence-corrected chi connectivity index (χ4v) is 1.91. The second-order valence-electron chi connectivity index (χ2n) is 4.10. The minimum absolute atomic E-state index is 0.0400. The molecule has 0 saturated heterocycles. The summed E-state index contributed by atoms with van der Waals surface area (Å²) in [6.07, 6.45) is 1.52. The van der Waals surface area contributed by atoms with Gasteiger partial charge >= 0.3 is 5.97 Å². The first-order valence-corrected chi connectivity index (χ1v) is 5.27. The molecule has 2 rings (SSSR count). The van der Waals surface area contributed by atoms with Crippen molar-refractivity contribution < 1.29 is 22.7 Å². The van der Waals surface area contributed by atoms with Crippen LogP contribution in [0.2, 0.25) is 0 Å². The first-order valence-electron chi connectivity index (χ1n) is 5.27. The quantitative estimate of drug-likeness (QED) is 0.603. The molecule has 0 aliphatic heterocycles. The number of ether oxygens (including phenoxy) is 1. The monoisotopic (exact) mass is 244 g/mol. The maximum atomic E-state index is 13.6. The van der Waals surface area contributed by atoms with Crippen LogP contribution in [0.1, 0.15) is 24.3 Å². The predicted octanol–water partition coefficient (Wildman–Crippen LogP) is 2.77. The molecule has 0 aromatic heterocycles. The molecule has 2 nitrogen and oxygen atoms in total. The summed E-state index contributed by atoms with van der Waals surface area (Å²) >= 11 is 0. The van der Waals surface area contributed by atoms with Crippen LogP contribution in [-0.2, 0) is 9.53 Å². The highest BCUT2D eigenvalue weighted by molar-refractivity contribution is 5.79. The minimum atomic E-state index is -1.54.